The van der Waals surface area contributed by atoms with Gasteiger partial charge in [-0.15, -0.1) is 0 Å². The van der Waals surface area contributed by atoms with Gasteiger partial charge in [-0.05, 0) is 60.2 Å². The highest BCUT2D eigenvalue weighted by atomic mass is 16.6. The molecule has 10 heteroatoms. The number of methoxy groups -OCH3 is 2. The molecule has 0 atom stereocenters. The summed E-state index contributed by atoms with van der Waals surface area (Å²) >= 11 is 0. The van der Waals surface area contributed by atoms with Gasteiger partial charge in [-0.2, -0.15) is 5.10 Å². The van der Waals surface area contributed by atoms with Crippen molar-refractivity contribution in [2.24, 2.45) is 5.10 Å². The zero-order chi connectivity index (χ0) is 23.8. The number of nitrogens with one attached hydrogen (secondary N) is 2. The highest BCUT2D eigenvalue weighted by Gasteiger charge is 2.11. The van der Waals surface area contributed by atoms with E-state index >= 15 is 0 Å². The maximum Gasteiger partial charge on any atom is 0.271 e. The van der Waals surface area contributed by atoms with Gasteiger partial charge in [0.25, 0.3) is 17.5 Å². The van der Waals surface area contributed by atoms with Crippen LogP contribution in [-0.2, 0) is 0 Å². The van der Waals surface area contributed by atoms with Gasteiger partial charge in [-0.25, -0.2) is 5.43 Å². The van der Waals surface area contributed by atoms with E-state index < -0.39 is 16.7 Å². The molecule has 0 unspecified atom stereocenters. The third kappa shape index (κ3) is 5.91. The van der Waals surface area contributed by atoms with Crippen LogP contribution in [0.5, 0.6) is 11.5 Å². The van der Waals surface area contributed by atoms with Crippen LogP contribution in [0.2, 0.25) is 0 Å². The van der Waals surface area contributed by atoms with Crippen LogP contribution in [-0.4, -0.2) is 37.2 Å². The summed E-state index contributed by atoms with van der Waals surface area (Å²) in [7, 11) is 3.07. The zero-order valence-electron chi connectivity index (χ0n) is 17.8. The number of nitrogens with zero attached hydrogens (tertiary/aromatic N) is 2. The largest absolute Gasteiger partial charge is 0.493 e. The molecule has 3 rings (SSSR count). The number of carbonyl (C=O) groups is 2. The molecule has 2 amide bonds. The van der Waals surface area contributed by atoms with Crippen molar-refractivity contribution in [2.45, 2.75) is 0 Å². The number of carbonyl (C=O) groups excluding carboxylic acids is 2. The molecular weight excluding hydrogens is 428 g/mol. The van der Waals surface area contributed by atoms with Crippen LogP contribution in [0.15, 0.2) is 71.8 Å². The lowest BCUT2D eigenvalue weighted by Gasteiger charge is -2.07. The minimum absolute atomic E-state index is 0.101. The molecule has 0 aliphatic carbocycles. The minimum atomic E-state index is -0.538. The molecule has 33 heavy (non-hydrogen) atoms. The molecule has 0 aliphatic heterocycles. The molecule has 3 aromatic carbocycles. The monoisotopic (exact) mass is 448 g/mol. The minimum Gasteiger partial charge on any atom is -0.493 e. The third-order valence-corrected chi connectivity index (χ3v) is 4.53. The lowest BCUT2D eigenvalue weighted by Crippen LogP contribution is -2.18. The maximum absolute atomic E-state index is 12.3. The van der Waals surface area contributed by atoms with Crippen molar-refractivity contribution >= 4 is 29.4 Å². The molecule has 2 N–H and O–H groups in total. The van der Waals surface area contributed by atoms with Gasteiger partial charge in [0.05, 0.1) is 25.4 Å². The van der Waals surface area contributed by atoms with E-state index in [9.17, 15) is 19.7 Å². The van der Waals surface area contributed by atoms with Gasteiger partial charge in [-0.3, -0.25) is 19.7 Å². The molecule has 0 saturated heterocycles. The molecule has 0 bridgehead atoms. The number of anilines is 1. The van der Waals surface area contributed by atoms with Gasteiger partial charge < -0.3 is 14.8 Å². The Kier molecular flexibility index (Phi) is 7.32. The van der Waals surface area contributed by atoms with E-state index in [4.69, 9.17) is 9.47 Å². The van der Waals surface area contributed by atoms with Gasteiger partial charge in [0, 0.05) is 28.9 Å². The number of nitro groups is 1. The van der Waals surface area contributed by atoms with E-state index in [1.54, 1.807) is 30.3 Å². The number of hydrogen-bond donors (Lipinski definition) is 2. The van der Waals surface area contributed by atoms with E-state index in [2.05, 4.69) is 15.8 Å². The number of ether oxygens (including phenoxy) is 2. The molecule has 10 nitrogen and oxygen atoms in total. The van der Waals surface area contributed by atoms with Gasteiger partial charge in [-0.1, -0.05) is 0 Å². The predicted molar refractivity (Wildman–Crippen MR) is 122 cm³/mol. The molecule has 0 saturated carbocycles. The van der Waals surface area contributed by atoms with Gasteiger partial charge >= 0.3 is 0 Å². The number of non-ortho nitro benzene ring substituents is 1. The molecule has 0 aliphatic rings. The summed E-state index contributed by atoms with van der Waals surface area (Å²) in [5, 5.41) is 17.3. The fraction of sp³-hybridized carbons (Fsp3) is 0.0870. The molecular formula is C23H20N4O6. The Hall–Kier alpha value is -4.73. The topological polar surface area (TPSA) is 132 Å². The Morgan fingerprint density at radius 3 is 2.09 bits per heavy atom. The summed E-state index contributed by atoms with van der Waals surface area (Å²) in [6.07, 6.45) is 1.47. The van der Waals surface area contributed by atoms with E-state index in [-0.39, 0.29) is 11.3 Å². The van der Waals surface area contributed by atoms with E-state index in [0.717, 1.165) is 0 Å². The first-order valence-electron chi connectivity index (χ1n) is 9.62. The van der Waals surface area contributed by atoms with Crippen LogP contribution < -0.4 is 20.2 Å². The molecule has 3 aromatic rings. The van der Waals surface area contributed by atoms with Crippen molar-refractivity contribution in [3.8, 4) is 11.5 Å². The molecule has 0 aromatic heterocycles. The second kappa shape index (κ2) is 10.5. The first-order valence-corrected chi connectivity index (χ1v) is 9.62. The van der Waals surface area contributed by atoms with Gasteiger partial charge in [0.15, 0.2) is 11.5 Å². The predicted octanol–water partition coefficient (Wildman–Crippen LogP) is 3.63. The van der Waals surface area contributed by atoms with Crippen LogP contribution in [0.3, 0.4) is 0 Å². The first kappa shape index (κ1) is 22.9. The Bertz CT molecular complexity index is 1190. The lowest BCUT2D eigenvalue weighted by atomic mass is 10.1. The van der Waals surface area contributed by atoms with Crippen LogP contribution in [0.4, 0.5) is 11.4 Å². The summed E-state index contributed by atoms with van der Waals surface area (Å²) in [6.45, 7) is 0. The van der Waals surface area contributed by atoms with Gasteiger partial charge in [0.1, 0.15) is 0 Å². The second-order valence-electron chi connectivity index (χ2n) is 6.65. The SMILES string of the molecule is COc1ccc(/C=N\NC(=O)c2ccc(NC(=O)c3ccc([N+](=O)[O-])cc3)cc2)cc1OC. The standard InChI is InChI=1S/C23H20N4O6/c1-32-20-12-3-15(13-21(20)33-2)14-24-26-23(29)17-4-8-18(9-5-17)25-22(28)16-6-10-19(11-7-16)27(30)31/h3-14H,1-2H3,(H,25,28)(H,26,29)/b24-14-. The van der Waals surface area contributed by atoms with Crippen molar-refractivity contribution in [3.63, 3.8) is 0 Å². The third-order valence-electron chi connectivity index (χ3n) is 4.53. The Morgan fingerprint density at radius 2 is 1.48 bits per heavy atom. The summed E-state index contributed by atoms with van der Waals surface area (Å²) in [5.41, 5.74) is 4.11. The smallest absolute Gasteiger partial charge is 0.271 e. The molecule has 0 spiro atoms. The average molecular weight is 448 g/mol. The Labute approximate surface area is 189 Å². The molecule has 0 radical (unpaired) electrons. The van der Waals surface area contributed by atoms with Gasteiger partial charge in [0.2, 0.25) is 0 Å². The fourth-order valence-electron chi connectivity index (χ4n) is 2.81. The highest BCUT2D eigenvalue weighted by molar-refractivity contribution is 6.04. The second-order valence-corrected chi connectivity index (χ2v) is 6.65. The van der Waals surface area contributed by atoms with E-state index in [1.165, 1.54) is 56.8 Å². The van der Waals surface area contributed by atoms with Crippen molar-refractivity contribution in [1.82, 2.24) is 5.43 Å². The Morgan fingerprint density at radius 1 is 0.879 bits per heavy atom. The molecule has 0 heterocycles. The zero-order valence-corrected chi connectivity index (χ0v) is 17.8. The fourth-order valence-corrected chi connectivity index (χ4v) is 2.81. The Balaban J connectivity index is 1.58. The molecule has 168 valence electrons. The van der Waals surface area contributed by atoms with E-state index in [0.29, 0.717) is 28.3 Å². The highest BCUT2D eigenvalue weighted by Crippen LogP contribution is 2.26. The van der Waals surface area contributed by atoms with Crippen molar-refractivity contribution in [3.05, 3.63) is 93.5 Å². The number of rotatable bonds is 8. The quantitative estimate of drug-likeness (QED) is 0.307. The normalized spacial score (nSPS) is 10.5. The van der Waals surface area contributed by atoms with E-state index in [1.807, 2.05) is 0 Å². The summed E-state index contributed by atoms with van der Waals surface area (Å²) in [4.78, 5) is 34.7. The first-order chi connectivity index (χ1) is 15.9. The van der Waals surface area contributed by atoms with Crippen molar-refractivity contribution in [2.75, 3.05) is 19.5 Å². The summed E-state index contributed by atoms with van der Waals surface area (Å²) in [5.74, 6) is 0.264. The maximum atomic E-state index is 12.3. The van der Waals surface area contributed by atoms with Crippen LogP contribution in [0, 0.1) is 10.1 Å². The van der Waals surface area contributed by atoms with Crippen LogP contribution in [0.25, 0.3) is 0 Å². The summed E-state index contributed by atoms with van der Waals surface area (Å²) in [6, 6.07) is 16.7. The summed E-state index contributed by atoms with van der Waals surface area (Å²) < 4.78 is 10.4. The van der Waals surface area contributed by atoms with Crippen LogP contribution >= 0.6 is 0 Å². The number of nitro benzene ring substituents is 1. The molecule has 0 fully saturated rings. The van der Waals surface area contributed by atoms with Crippen molar-refractivity contribution < 1.29 is 24.0 Å². The average Bonchev–Trinajstić information content (AvgIpc) is 2.84. The number of amides is 2. The number of hydrogen-bond acceptors (Lipinski definition) is 7. The lowest BCUT2D eigenvalue weighted by molar-refractivity contribution is -0.384. The van der Waals surface area contributed by atoms with Crippen molar-refractivity contribution in [1.29, 1.82) is 0 Å². The number of benzene rings is 3. The van der Waals surface area contributed by atoms with Crippen LogP contribution in [0.1, 0.15) is 26.3 Å². The number of hydrazone groups is 1.